The van der Waals surface area contributed by atoms with Crippen LogP contribution in [0.25, 0.3) is 0 Å². The van der Waals surface area contributed by atoms with Gasteiger partial charge in [-0.1, -0.05) is 26.9 Å². The van der Waals surface area contributed by atoms with E-state index in [0.29, 0.717) is 11.4 Å². The zero-order valence-electron chi connectivity index (χ0n) is 21.2. The number of hydrogen-bond acceptors (Lipinski definition) is 6. The number of rotatable bonds is 7. The van der Waals surface area contributed by atoms with E-state index in [9.17, 15) is 27.1 Å². The number of alkyl halides is 2. The Bertz CT molecular complexity index is 1430. The summed E-state index contributed by atoms with van der Waals surface area (Å²) in [5, 5.41) is 12.4. The third-order valence-electron chi connectivity index (χ3n) is 5.53. The largest absolute Gasteiger partial charge is 0.507 e. The SMILES string of the molecule is CC(=O)Nc1cccc(Oc2ccc(S(=O)(=O)Nc3ccc(C(F)(F)P)c(O)c3)cc2Cl)c1.CN1CCCC1. The monoisotopic (exact) mass is 599 g/mol. The van der Waals surface area contributed by atoms with Gasteiger partial charge in [-0.3, -0.25) is 9.52 Å². The Hall–Kier alpha value is -2.98. The van der Waals surface area contributed by atoms with Gasteiger partial charge in [0, 0.05) is 24.7 Å². The van der Waals surface area contributed by atoms with E-state index in [1.165, 1.54) is 54.2 Å². The summed E-state index contributed by atoms with van der Waals surface area (Å²) in [5.41, 5.74) is -3.64. The van der Waals surface area contributed by atoms with Crippen molar-refractivity contribution in [2.75, 3.05) is 30.2 Å². The lowest BCUT2D eigenvalue weighted by Crippen LogP contribution is -2.13. The number of sulfonamides is 1. The van der Waals surface area contributed by atoms with Crippen molar-refractivity contribution in [2.45, 2.75) is 30.3 Å². The van der Waals surface area contributed by atoms with Gasteiger partial charge in [-0.05, 0) is 75.4 Å². The minimum atomic E-state index is -4.15. The standard InChI is InChI=1S/C21H18ClF2N2O5PS.C5H11N/c1-12(27)25-13-3-2-4-15(9-13)31-20-8-6-16(11-18(20)22)33(29,30)26-14-5-7-17(19(28)10-14)21(23,24)32;1-6-4-2-3-5-6/h2-11,26,28H,32H2,1H3,(H,25,27);2-5H2,1H3. The molecule has 1 amide bonds. The number of benzene rings is 3. The number of phenols is 1. The Morgan fingerprint density at radius 2 is 1.77 bits per heavy atom. The van der Waals surface area contributed by atoms with Gasteiger partial charge >= 0.3 is 0 Å². The first-order chi connectivity index (χ1) is 18.2. The van der Waals surface area contributed by atoms with Crippen LogP contribution >= 0.6 is 20.8 Å². The van der Waals surface area contributed by atoms with Gasteiger partial charge in [0.15, 0.2) is 0 Å². The van der Waals surface area contributed by atoms with Crippen LogP contribution in [0.3, 0.4) is 0 Å². The molecule has 4 rings (SSSR count). The van der Waals surface area contributed by atoms with Gasteiger partial charge in [-0.25, -0.2) is 8.42 Å². The van der Waals surface area contributed by atoms with E-state index in [1.54, 1.807) is 24.3 Å². The molecule has 0 aromatic heterocycles. The zero-order chi connectivity index (χ0) is 28.8. The number of likely N-dealkylation sites (tertiary alicyclic amines) is 1. The molecule has 0 aliphatic carbocycles. The minimum absolute atomic E-state index is 0.0105. The number of carbonyl (C=O) groups is 1. The van der Waals surface area contributed by atoms with Crippen molar-refractivity contribution in [3.8, 4) is 17.2 Å². The normalized spacial score (nSPS) is 13.8. The lowest BCUT2D eigenvalue weighted by molar-refractivity contribution is -0.114. The molecule has 0 spiro atoms. The lowest BCUT2D eigenvalue weighted by Gasteiger charge is -2.15. The van der Waals surface area contributed by atoms with Gasteiger partial charge in [-0.15, -0.1) is 0 Å². The fourth-order valence-electron chi connectivity index (χ4n) is 3.67. The van der Waals surface area contributed by atoms with Crippen molar-refractivity contribution in [3.05, 3.63) is 71.2 Å². The maximum absolute atomic E-state index is 13.4. The van der Waals surface area contributed by atoms with Crippen LogP contribution in [0.1, 0.15) is 25.3 Å². The third-order valence-corrected chi connectivity index (χ3v) is 7.52. The summed E-state index contributed by atoms with van der Waals surface area (Å²) in [6.45, 7) is 4.01. The van der Waals surface area contributed by atoms with Gasteiger partial charge in [0.2, 0.25) is 5.91 Å². The summed E-state index contributed by atoms with van der Waals surface area (Å²) >= 11 is 6.20. The highest BCUT2D eigenvalue weighted by molar-refractivity contribution is 7.92. The number of halogens is 3. The van der Waals surface area contributed by atoms with Gasteiger partial charge in [0.05, 0.1) is 21.2 Å². The van der Waals surface area contributed by atoms with Crippen LogP contribution < -0.4 is 14.8 Å². The van der Waals surface area contributed by atoms with Crippen molar-refractivity contribution in [2.24, 2.45) is 0 Å². The number of phenolic OH excluding ortho intramolecular Hbond substituents is 1. The average molecular weight is 600 g/mol. The van der Waals surface area contributed by atoms with Crippen LogP contribution in [0.5, 0.6) is 17.2 Å². The van der Waals surface area contributed by atoms with Crippen LogP contribution in [0.2, 0.25) is 5.02 Å². The van der Waals surface area contributed by atoms with Gasteiger partial charge in [-0.2, -0.15) is 8.78 Å². The van der Waals surface area contributed by atoms with Crippen molar-refractivity contribution in [1.82, 2.24) is 4.90 Å². The van der Waals surface area contributed by atoms with Crippen molar-refractivity contribution in [3.63, 3.8) is 0 Å². The summed E-state index contributed by atoms with van der Waals surface area (Å²) in [5.74, 6) is -0.491. The molecule has 13 heteroatoms. The minimum Gasteiger partial charge on any atom is -0.507 e. The smallest absolute Gasteiger partial charge is 0.287 e. The Labute approximate surface area is 233 Å². The van der Waals surface area contributed by atoms with E-state index < -0.39 is 27.0 Å². The molecule has 1 atom stereocenters. The Morgan fingerprint density at radius 3 is 2.31 bits per heavy atom. The summed E-state index contributed by atoms with van der Waals surface area (Å²) < 4.78 is 60.0. The predicted octanol–water partition coefficient (Wildman–Crippen LogP) is 6.23. The fourth-order valence-corrected chi connectivity index (χ4v) is 5.27. The van der Waals surface area contributed by atoms with E-state index in [1.807, 2.05) is 0 Å². The summed E-state index contributed by atoms with van der Waals surface area (Å²) in [6, 6.07) is 13.2. The molecule has 1 aliphatic heterocycles. The molecule has 1 fully saturated rings. The van der Waals surface area contributed by atoms with E-state index in [4.69, 9.17) is 16.3 Å². The molecule has 0 saturated carbocycles. The second kappa shape index (κ2) is 12.9. The highest BCUT2D eigenvalue weighted by Crippen LogP contribution is 2.41. The van der Waals surface area contributed by atoms with Crippen LogP contribution in [0, 0.1) is 0 Å². The molecule has 3 N–H and O–H groups in total. The van der Waals surface area contributed by atoms with E-state index in [0.717, 1.165) is 24.3 Å². The van der Waals surface area contributed by atoms with Crippen LogP contribution in [0.4, 0.5) is 20.2 Å². The molecule has 1 saturated heterocycles. The number of anilines is 2. The van der Waals surface area contributed by atoms with Crippen LogP contribution in [0.15, 0.2) is 65.6 Å². The number of carbonyl (C=O) groups excluding carboxylic acids is 1. The highest BCUT2D eigenvalue weighted by atomic mass is 35.5. The molecule has 0 radical (unpaired) electrons. The molecule has 3 aromatic rings. The molecule has 3 aromatic carbocycles. The number of nitrogens with one attached hydrogen (secondary N) is 2. The molecular formula is C26H29ClF2N3O5PS. The first-order valence-corrected chi connectivity index (χ1v) is 14.2. The Morgan fingerprint density at radius 1 is 1.08 bits per heavy atom. The van der Waals surface area contributed by atoms with Crippen molar-refractivity contribution < 1.29 is 31.8 Å². The van der Waals surface area contributed by atoms with Crippen molar-refractivity contribution in [1.29, 1.82) is 0 Å². The first-order valence-electron chi connectivity index (χ1n) is 11.8. The number of amides is 1. The topological polar surface area (TPSA) is 108 Å². The lowest BCUT2D eigenvalue weighted by atomic mass is 10.2. The van der Waals surface area contributed by atoms with Crippen LogP contribution in [-0.4, -0.2) is 44.5 Å². The molecule has 0 bridgehead atoms. The number of ether oxygens (including phenoxy) is 1. The second-order valence-electron chi connectivity index (χ2n) is 8.87. The molecule has 39 heavy (non-hydrogen) atoms. The molecular weight excluding hydrogens is 571 g/mol. The van der Waals surface area contributed by atoms with Gasteiger partial charge in [0.25, 0.3) is 15.7 Å². The van der Waals surface area contributed by atoms with Crippen molar-refractivity contribution >= 4 is 48.1 Å². The number of hydrogen-bond donors (Lipinski definition) is 3. The summed E-state index contributed by atoms with van der Waals surface area (Å²) in [4.78, 5) is 13.3. The second-order valence-corrected chi connectivity index (χ2v) is 11.7. The quantitative estimate of drug-likeness (QED) is 0.278. The maximum atomic E-state index is 13.4. The summed E-state index contributed by atoms with van der Waals surface area (Å²) in [7, 11) is -0.685. The highest BCUT2D eigenvalue weighted by Gasteiger charge is 2.28. The number of nitrogens with zero attached hydrogens (tertiary/aromatic N) is 1. The maximum Gasteiger partial charge on any atom is 0.287 e. The van der Waals surface area contributed by atoms with E-state index in [-0.39, 0.29) is 27.3 Å². The average Bonchev–Trinajstić information content (AvgIpc) is 3.30. The van der Waals surface area contributed by atoms with Crippen LogP contribution in [-0.2, 0) is 20.5 Å². The molecule has 1 unspecified atom stereocenters. The third kappa shape index (κ3) is 9.03. The zero-order valence-corrected chi connectivity index (χ0v) is 24.0. The Balaban J connectivity index is 0.000000617. The molecule has 1 aliphatic rings. The first kappa shape index (κ1) is 30.6. The summed E-state index contributed by atoms with van der Waals surface area (Å²) in [6.07, 6.45) is 2.83. The Kier molecular flexibility index (Phi) is 10.1. The predicted molar refractivity (Wildman–Crippen MR) is 152 cm³/mol. The van der Waals surface area contributed by atoms with E-state index >= 15 is 0 Å². The van der Waals surface area contributed by atoms with E-state index in [2.05, 4.69) is 22.0 Å². The molecule has 210 valence electrons. The van der Waals surface area contributed by atoms with Gasteiger partial charge in [0.1, 0.15) is 17.2 Å². The number of aromatic hydroxyl groups is 1. The van der Waals surface area contributed by atoms with Gasteiger partial charge < -0.3 is 20.1 Å². The fraction of sp³-hybridized carbons (Fsp3) is 0.269. The molecule has 1 heterocycles. The molecule has 8 nitrogen and oxygen atoms in total.